The fourth-order valence-corrected chi connectivity index (χ4v) is 7.25. The van der Waals surface area contributed by atoms with Gasteiger partial charge in [0.15, 0.2) is 12.5 Å². The molecular formula is C34H42Cl2N6O2. The summed E-state index contributed by atoms with van der Waals surface area (Å²) in [7, 11) is 0. The summed E-state index contributed by atoms with van der Waals surface area (Å²) in [6.45, 7) is 9.62. The summed E-state index contributed by atoms with van der Waals surface area (Å²) >= 11 is 12.8. The molecule has 1 atom stereocenters. The smallest absolute Gasteiger partial charge is 0.275 e. The van der Waals surface area contributed by atoms with Crippen molar-refractivity contribution in [2.24, 2.45) is 31.5 Å². The molecule has 44 heavy (non-hydrogen) atoms. The molecular weight excluding hydrogens is 595 g/mol. The highest BCUT2D eigenvalue weighted by Gasteiger charge is 2.52. The van der Waals surface area contributed by atoms with Gasteiger partial charge in [-0.3, -0.25) is 14.6 Å². The lowest BCUT2D eigenvalue weighted by atomic mass is 9.69. The predicted octanol–water partition coefficient (Wildman–Crippen LogP) is 8.43. The number of hydrogen-bond donors (Lipinski definition) is 1. The number of carbonyl (C=O) groups excluding carboxylic acids is 2. The number of unbranched alkanes of at least 4 members (excludes halogenated alkanes) is 2. The fourth-order valence-electron chi connectivity index (χ4n) is 6.72. The summed E-state index contributed by atoms with van der Waals surface area (Å²) in [6.07, 6.45) is 7.50. The van der Waals surface area contributed by atoms with Gasteiger partial charge in [0.2, 0.25) is 0 Å². The second kappa shape index (κ2) is 13.5. The van der Waals surface area contributed by atoms with Crippen LogP contribution in [0.1, 0.15) is 107 Å². The Kier molecular flexibility index (Phi) is 9.90. The van der Waals surface area contributed by atoms with Crippen LogP contribution in [-0.4, -0.2) is 47.1 Å². The molecule has 2 heterocycles. The molecule has 0 unspecified atom stereocenters. The van der Waals surface area contributed by atoms with E-state index in [4.69, 9.17) is 28.2 Å². The first-order valence-corrected chi connectivity index (χ1v) is 16.5. The zero-order valence-electron chi connectivity index (χ0n) is 26.1. The predicted molar refractivity (Wildman–Crippen MR) is 177 cm³/mol. The third-order valence-corrected chi connectivity index (χ3v) is 9.63. The number of nitrogens with one attached hydrogen (secondary N) is 1. The van der Waals surface area contributed by atoms with Crippen LogP contribution >= 0.6 is 23.2 Å². The minimum absolute atomic E-state index is 0.0904. The lowest BCUT2D eigenvalue weighted by Crippen LogP contribution is -2.51. The molecule has 3 aliphatic rings. The number of nitrogens with zero attached hydrogens (tertiary/aromatic N) is 5. The number of amidine groups is 1. The van der Waals surface area contributed by atoms with Gasteiger partial charge in [0.1, 0.15) is 11.4 Å². The van der Waals surface area contributed by atoms with Crippen LogP contribution in [0, 0.1) is 11.3 Å². The van der Waals surface area contributed by atoms with E-state index in [0.29, 0.717) is 45.3 Å². The Bertz CT molecular complexity index is 1450. The largest absolute Gasteiger partial charge is 0.345 e. The van der Waals surface area contributed by atoms with Gasteiger partial charge in [-0.1, -0.05) is 82.3 Å². The van der Waals surface area contributed by atoms with Crippen LogP contribution in [0.3, 0.4) is 0 Å². The van der Waals surface area contributed by atoms with Gasteiger partial charge in [-0.15, -0.1) is 5.11 Å². The Morgan fingerprint density at radius 3 is 2.34 bits per heavy atom. The van der Waals surface area contributed by atoms with E-state index in [1.807, 2.05) is 24.3 Å². The van der Waals surface area contributed by atoms with Crippen molar-refractivity contribution in [1.29, 1.82) is 0 Å². The molecule has 2 aliphatic heterocycles. The van der Waals surface area contributed by atoms with Crippen molar-refractivity contribution in [2.75, 3.05) is 13.2 Å². The molecule has 1 fully saturated rings. The van der Waals surface area contributed by atoms with Crippen molar-refractivity contribution < 1.29 is 9.59 Å². The standard InChI is InChI=1S/C34H42Cl2N6O2/c1-5-6-7-8-28(22-9-11-23(12-10-22)31(43)37-20-29-38-21-39-41-29)42-32(44)30(24-17-26(35)19-27(36)18-24)40-34(42)15-13-25(14-16-34)33(2,3)4/h9-12,17-19,25,28H,5-8,13-16,20-21H2,1-4H3,(H,37,43)/t25?,28-,34?/m1/s1. The number of aliphatic imine (C=N–C) groups is 2. The normalized spacial score (nSPS) is 22.4. The summed E-state index contributed by atoms with van der Waals surface area (Å²) in [6, 6.07) is 12.7. The summed E-state index contributed by atoms with van der Waals surface area (Å²) in [5, 5.41) is 11.6. The van der Waals surface area contributed by atoms with E-state index >= 15 is 0 Å². The molecule has 1 spiro atoms. The van der Waals surface area contributed by atoms with Crippen molar-refractivity contribution in [2.45, 2.75) is 90.8 Å². The maximum absolute atomic E-state index is 14.5. The fraction of sp³-hybridized carbons (Fsp3) is 0.529. The van der Waals surface area contributed by atoms with Gasteiger partial charge in [0.05, 0.1) is 12.6 Å². The lowest BCUT2D eigenvalue weighted by molar-refractivity contribution is -0.133. The molecule has 0 radical (unpaired) electrons. The molecule has 0 saturated heterocycles. The average Bonchev–Trinajstić information content (AvgIpc) is 3.60. The lowest BCUT2D eigenvalue weighted by Gasteiger charge is -2.47. The molecule has 2 aromatic carbocycles. The Morgan fingerprint density at radius 2 is 1.75 bits per heavy atom. The first-order valence-electron chi connectivity index (χ1n) is 15.7. The zero-order chi connectivity index (χ0) is 31.5. The van der Waals surface area contributed by atoms with Crippen LogP contribution in [0.15, 0.2) is 62.7 Å². The number of hydrogen-bond acceptors (Lipinski definition) is 6. The van der Waals surface area contributed by atoms with E-state index in [0.717, 1.165) is 56.9 Å². The van der Waals surface area contributed by atoms with Crippen molar-refractivity contribution in [3.63, 3.8) is 0 Å². The van der Waals surface area contributed by atoms with Crippen LogP contribution in [0.25, 0.3) is 0 Å². The molecule has 8 nitrogen and oxygen atoms in total. The van der Waals surface area contributed by atoms with Crippen LogP contribution in [-0.2, 0) is 4.79 Å². The van der Waals surface area contributed by atoms with Gasteiger partial charge in [-0.25, -0.2) is 4.99 Å². The van der Waals surface area contributed by atoms with Crippen molar-refractivity contribution in [3.05, 3.63) is 69.2 Å². The highest BCUT2D eigenvalue weighted by molar-refractivity contribution is 6.47. The molecule has 2 aromatic rings. The topological polar surface area (TPSA) is 98.9 Å². The van der Waals surface area contributed by atoms with Crippen LogP contribution < -0.4 is 5.32 Å². The molecule has 0 bridgehead atoms. The summed E-state index contributed by atoms with van der Waals surface area (Å²) in [5.74, 6) is 0.772. The third kappa shape index (κ3) is 7.07. The molecule has 5 rings (SSSR count). The third-order valence-electron chi connectivity index (χ3n) is 9.20. The summed E-state index contributed by atoms with van der Waals surface area (Å²) < 4.78 is 0. The number of rotatable bonds is 10. The highest BCUT2D eigenvalue weighted by Crippen LogP contribution is 2.50. The van der Waals surface area contributed by atoms with Crippen LogP contribution in [0.4, 0.5) is 0 Å². The molecule has 1 aliphatic carbocycles. The summed E-state index contributed by atoms with van der Waals surface area (Å²) in [5.41, 5.74) is 2.15. The molecule has 0 aromatic heterocycles. The minimum Gasteiger partial charge on any atom is -0.345 e. The van der Waals surface area contributed by atoms with E-state index in [-0.39, 0.29) is 29.8 Å². The second-order valence-electron chi connectivity index (χ2n) is 13.2. The minimum atomic E-state index is -0.646. The number of halogens is 2. The first kappa shape index (κ1) is 32.3. The maximum Gasteiger partial charge on any atom is 0.275 e. The maximum atomic E-state index is 14.5. The van der Waals surface area contributed by atoms with E-state index < -0.39 is 5.66 Å². The van der Waals surface area contributed by atoms with E-state index in [1.54, 1.807) is 18.2 Å². The summed E-state index contributed by atoms with van der Waals surface area (Å²) in [4.78, 5) is 38.9. The molecule has 10 heteroatoms. The van der Waals surface area contributed by atoms with E-state index in [2.05, 4.69) is 53.1 Å². The van der Waals surface area contributed by atoms with Gasteiger partial charge in [0.25, 0.3) is 11.8 Å². The van der Waals surface area contributed by atoms with Gasteiger partial charge >= 0.3 is 0 Å². The Labute approximate surface area is 270 Å². The van der Waals surface area contributed by atoms with Crippen LogP contribution in [0.5, 0.6) is 0 Å². The van der Waals surface area contributed by atoms with Crippen LogP contribution in [0.2, 0.25) is 10.0 Å². The Morgan fingerprint density at radius 1 is 1.07 bits per heavy atom. The quantitative estimate of drug-likeness (QED) is 0.265. The SMILES string of the molecule is CCCCC[C@H](c1ccc(C(=O)NCC2=NCN=N2)cc1)N1C(=O)C(c2cc(Cl)cc(Cl)c2)=NC12CCC(C(C)(C)C)CC2. The van der Waals surface area contributed by atoms with Gasteiger partial charge in [-0.05, 0) is 79.3 Å². The monoisotopic (exact) mass is 636 g/mol. The second-order valence-corrected chi connectivity index (χ2v) is 14.1. The molecule has 1 N–H and O–H groups in total. The number of azo groups is 1. The first-order chi connectivity index (χ1) is 21.0. The Balaban J connectivity index is 1.48. The van der Waals surface area contributed by atoms with E-state index in [1.165, 1.54) is 0 Å². The Hall–Kier alpha value is -3.10. The van der Waals surface area contributed by atoms with Crippen molar-refractivity contribution >= 4 is 46.6 Å². The van der Waals surface area contributed by atoms with Gasteiger partial charge < -0.3 is 10.2 Å². The van der Waals surface area contributed by atoms with Gasteiger partial charge in [-0.2, -0.15) is 5.11 Å². The van der Waals surface area contributed by atoms with Crippen molar-refractivity contribution in [3.8, 4) is 0 Å². The highest BCUT2D eigenvalue weighted by atomic mass is 35.5. The average molecular weight is 638 g/mol. The van der Waals surface area contributed by atoms with E-state index in [9.17, 15) is 9.59 Å². The molecule has 2 amide bonds. The number of carbonyl (C=O) groups is 2. The van der Waals surface area contributed by atoms with Crippen molar-refractivity contribution in [1.82, 2.24) is 10.2 Å². The van der Waals surface area contributed by atoms with Gasteiger partial charge in [0, 0.05) is 21.2 Å². The number of amides is 2. The number of benzene rings is 2. The molecule has 1 saturated carbocycles. The zero-order valence-corrected chi connectivity index (χ0v) is 27.6. The molecule has 234 valence electrons.